The number of carbonyl (C=O) groups is 1. The number of nitrogens with zero attached hydrogens (tertiary/aromatic N) is 2. The number of methoxy groups -OCH3 is 2. The molecule has 1 aliphatic heterocycles. The molecular formula is C19H21F3N4O3. The molecule has 29 heavy (non-hydrogen) atoms. The van der Waals surface area contributed by atoms with Crippen LogP contribution < -0.4 is 20.1 Å². The van der Waals surface area contributed by atoms with Crippen molar-refractivity contribution in [3.05, 3.63) is 30.0 Å². The lowest BCUT2D eigenvalue weighted by atomic mass is 10.0. The van der Waals surface area contributed by atoms with Gasteiger partial charge < -0.3 is 20.1 Å². The monoisotopic (exact) mass is 410 g/mol. The van der Waals surface area contributed by atoms with Crippen molar-refractivity contribution >= 4 is 17.4 Å². The van der Waals surface area contributed by atoms with Crippen LogP contribution in [0.2, 0.25) is 0 Å². The van der Waals surface area contributed by atoms with Gasteiger partial charge in [-0.15, -0.1) is 0 Å². The van der Waals surface area contributed by atoms with Crippen LogP contribution in [0.4, 0.5) is 24.7 Å². The first-order valence-electron chi connectivity index (χ1n) is 9.25. The van der Waals surface area contributed by atoms with E-state index in [1.165, 1.54) is 20.3 Å². The molecule has 0 saturated heterocycles. The summed E-state index contributed by atoms with van der Waals surface area (Å²) in [4.78, 5) is 12.6. The van der Waals surface area contributed by atoms with Crippen molar-refractivity contribution in [2.75, 3.05) is 24.9 Å². The predicted octanol–water partition coefficient (Wildman–Crippen LogP) is 3.85. The fourth-order valence-electron chi connectivity index (χ4n) is 3.60. The SMILES string of the molecule is COc1cc(NC(=O)c2cc3n(n2)[C@H](C(F)(F)F)C[C@H](C2CC2)N3)cc(OC)c1. The van der Waals surface area contributed by atoms with Gasteiger partial charge in [0.15, 0.2) is 11.7 Å². The number of hydrogen-bond acceptors (Lipinski definition) is 5. The van der Waals surface area contributed by atoms with Crippen LogP contribution in [0, 0.1) is 5.92 Å². The molecule has 2 heterocycles. The van der Waals surface area contributed by atoms with E-state index in [4.69, 9.17) is 9.47 Å². The smallest absolute Gasteiger partial charge is 0.410 e. The standard InChI is InChI=1S/C19H21F3N4O3/c1-28-12-5-11(6-13(7-12)29-2)23-18(27)15-9-17-24-14(10-3-4-10)8-16(19(20,21)22)26(17)25-15/h5-7,9-10,14,16,24H,3-4,8H2,1-2H3,(H,23,27)/t14-,16+/m1/s1. The van der Waals surface area contributed by atoms with Crippen molar-refractivity contribution in [1.29, 1.82) is 0 Å². The molecule has 10 heteroatoms. The van der Waals surface area contributed by atoms with E-state index in [9.17, 15) is 18.0 Å². The molecule has 2 N–H and O–H groups in total. The zero-order chi connectivity index (χ0) is 20.8. The number of rotatable bonds is 5. The molecule has 156 valence electrons. The minimum Gasteiger partial charge on any atom is -0.497 e. The molecule has 1 saturated carbocycles. The third-order valence-electron chi connectivity index (χ3n) is 5.25. The lowest BCUT2D eigenvalue weighted by Crippen LogP contribution is -2.40. The average molecular weight is 410 g/mol. The van der Waals surface area contributed by atoms with Gasteiger partial charge in [-0.05, 0) is 25.2 Å². The van der Waals surface area contributed by atoms with Crippen molar-refractivity contribution in [1.82, 2.24) is 9.78 Å². The summed E-state index contributed by atoms with van der Waals surface area (Å²) >= 11 is 0. The van der Waals surface area contributed by atoms with E-state index < -0.39 is 18.1 Å². The zero-order valence-electron chi connectivity index (χ0n) is 15.9. The molecule has 0 unspecified atom stereocenters. The number of ether oxygens (including phenoxy) is 2. The van der Waals surface area contributed by atoms with Crippen LogP contribution in [0.25, 0.3) is 0 Å². The fourth-order valence-corrected chi connectivity index (χ4v) is 3.60. The van der Waals surface area contributed by atoms with Crippen LogP contribution in [0.3, 0.4) is 0 Å². The third kappa shape index (κ3) is 3.96. The lowest BCUT2D eigenvalue weighted by Gasteiger charge is -2.33. The van der Waals surface area contributed by atoms with E-state index in [1.807, 2.05) is 0 Å². The summed E-state index contributed by atoms with van der Waals surface area (Å²) in [6, 6.07) is 4.15. The number of halogens is 3. The first-order chi connectivity index (χ1) is 13.8. The number of benzene rings is 1. The molecule has 0 bridgehead atoms. The number of hydrogen-bond donors (Lipinski definition) is 2. The lowest BCUT2D eigenvalue weighted by molar-refractivity contribution is -0.174. The molecule has 1 aliphatic carbocycles. The number of fused-ring (bicyclic) bond motifs is 1. The highest BCUT2D eigenvalue weighted by Crippen LogP contribution is 2.45. The topological polar surface area (TPSA) is 77.4 Å². The van der Waals surface area contributed by atoms with Crippen molar-refractivity contribution in [3.8, 4) is 11.5 Å². The van der Waals surface area contributed by atoms with E-state index in [2.05, 4.69) is 15.7 Å². The fraction of sp³-hybridized carbons (Fsp3) is 0.474. The van der Waals surface area contributed by atoms with Gasteiger partial charge in [-0.1, -0.05) is 0 Å². The highest BCUT2D eigenvalue weighted by atomic mass is 19.4. The molecule has 2 atom stereocenters. The summed E-state index contributed by atoms with van der Waals surface area (Å²) in [5.74, 6) is 0.770. The molecule has 0 radical (unpaired) electrons. The van der Waals surface area contributed by atoms with E-state index in [-0.39, 0.29) is 29.9 Å². The van der Waals surface area contributed by atoms with Crippen LogP contribution in [-0.4, -0.2) is 42.1 Å². The second-order valence-corrected chi connectivity index (χ2v) is 7.30. The van der Waals surface area contributed by atoms with Gasteiger partial charge in [0.1, 0.15) is 17.3 Å². The van der Waals surface area contributed by atoms with Crippen molar-refractivity contribution < 1.29 is 27.4 Å². The van der Waals surface area contributed by atoms with Crippen LogP contribution >= 0.6 is 0 Å². The maximum Gasteiger partial charge on any atom is 0.410 e. The number of alkyl halides is 3. The van der Waals surface area contributed by atoms with Gasteiger partial charge in [0.05, 0.1) is 14.2 Å². The number of anilines is 2. The quantitative estimate of drug-likeness (QED) is 0.783. The summed E-state index contributed by atoms with van der Waals surface area (Å²) in [5.41, 5.74) is 0.286. The predicted molar refractivity (Wildman–Crippen MR) is 99.6 cm³/mol. The summed E-state index contributed by atoms with van der Waals surface area (Å²) in [6.07, 6.45) is -2.69. The molecule has 0 spiro atoms. The van der Waals surface area contributed by atoms with Gasteiger partial charge in [-0.25, -0.2) is 4.68 Å². The number of aromatic nitrogens is 2. The Morgan fingerprint density at radius 2 is 1.83 bits per heavy atom. The van der Waals surface area contributed by atoms with Gasteiger partial charge in [-0.3, -0.25) is 4.79 Å². The summed E-state index contributed by atoms with van der Waals surface area (Å²) in [6.45, 7) is 0. The molecule has 1 aromatic carbocycles. The minimum atomic E-state index is -4.44. The van der Waals surface area contributed by atoms with Crippen molar-refractivity contribution in [2.24, 2.45) is 5.92 Å². The van der Waals surface area contributed by atoms with Crippen molar-refractivity contribution in [3.63, 3.8) is 0 Å². The van der Waals surface area contributed by atoms with Crippen molar-refractivity contribution in [2.45, 2.75) is 37.5 Å². The number of nitrogens with one attached hydrogen (secondary N) is 2. The highest BCUT2D eigenvalue weighted by Gasteiger charge is 2.49. The molecule has 1 amide bonds. The zero-order valence-corrected chi connectivity index (χ0v) is 15.9. The largest absolute Gasteiger partial charge is 0.497 e. The van der Waals surface area contributed by atoms with E-state index >= 15 is 0 Å². The molecule has 1 aromatic heterocycles. The molecule has 7 nitrogen and oxygen atoms in total. The van der Waals surface area contributed by atoms with E-state index in [1.54, 1.807) is 18.2 Å². The van der Waals surface area contributed by atoms with Crippen LogP contribution in [0.5, 0.6) is 11.5 Å². The molecular weight excluding hydrogens is 389 g/mol. The molecule has 4 rings (SSSR count). The van der Waals surface area contributed by atoms with Crippen LogP contribution in [0.15, 0.2) is 24.3 Å². The number of carbonyl (C=O) groups excluding carboxylic acids is 1. The molecule has 2 aliphatic rings. The highest BCUT2D eigenvalue weighted by molar-refractivity contribution is 6.03. The first-order valence-corrected chi connectivity index (χ1v) is 9.25. The Kier molecular flexibility index (Phi) is 4.79. The Balaban J connectivity index is 1.59. The second-order valence-electron chi connectivity index (χ2n) is 7.30. The first kappa shape index (κ1) is 19.4. The maximum atomic E-state index is 13.6. The van der Waals surface area contributed by atoms with Gasteiger partial charge >= 0.3 is 6.18 Å². The van der Waals surface area contributed by atoms with Crippen LogP contribution in [-0.2, 0) is 0 Å². The van der Waals surface area contributed by atoms with Crippen LogP contribution in [0.1, 0.15) is 35.8 Å². The third-order valence-corrected chi connectivity index (χ3v) is 5.25. The summed E-state index contributed by atoms with van der Waals surface area (Å²) in [7, 11) is 2.95. The van der Waals surface area contributed by atoms with Gasteiger partial charge in [0.2, 0.25) is 0 Å². The normalized spacial score (nSPS) is 21.1. The Morgan fingerprint density at radius 1 is 1.17 bits per heavy atom. The summed E-state index contributed by atoms with van der Waals surface area (Å²) in [5, 5.41) is 9.70. The Morgan fingerprint density at radius 3 is 2.38 bits per heavy atom. The maximum absolute atomic E-state index is 13.6. The Bertz CT molecular complexity index is 902. The van der Waals surface area contributed by atoms with E-state index in [0.29, 0.717) is 17.2 Å². The molecule has 1 fully saturated rings. The average Bonchev–Trinajstić information content (AvgIpc) is 3.44. The van der Waals surface area contributed by atoms with Gasteiger partial charge in [0, 0.05) is 36.0 Å². The van der Waals surface area contributed by atoms with Gasteiger partial charge in [0.25, 0.3) is 5.91 Å². The van der Waals surface area contributed by atoms with Gasteiger partial charge in [-0.2, -0.15) is 18.3 Å². The van der Waals surface area contributed by atoms with E-state index in [0.717, 1.165) is 17.5 Å². The number of amides is 1. The molecule has 2 aromatic rings. The minimum absolute atomic E-state index is 0.0863. The Labute approximate surface area is 165 Å². The second kappa shape index (κ2) is 7.16. The Hall–Kier alpha value is -2.91. The summed E-state index contributed by atoms with van der Waals surface area (Å²) < 4.78 is 51.9.